The Bertz CT molecular complexity index is 798. The van der Waals surface area contributed by atoms with E-state index in [-0.39, 0.29) is 45.8 Å². The third-order valence-corrected chi connectivity index (χ3v) is 3.87. The lowest BCUT2D eigenvalue weighted by Gasteiger charge is -2.22. The molecule has 3 N–H and O–H groups in total. The van der Waals surface area contributed by atoms with E-state index in [1.165, 1.54) is 40.4 Å². The second-order valence-corrected chi connectivity index (χ2v) is 5.37. The van der Waals surface area contributed by atoms with Gasteiger partial charge in [-0.25, -0.2) is 0 Å². The molecule has 0 saturated carbocycles. The minimum absolute atomic E-state index is 0.000663. The zero-order valence-electron chi connectivity index (χ0n) is 14.4. The van der Waals surface area contributed by atoms with E-state index < -0.39 is 5.92 Å². The van der Waals surface area contributed by atoms with Crippen molar-refractivity contribution < 1.29 is 34.3 Å². The van der Waals surface area contributed by atoms with Crippen LogP contribution in [0.2, 0.25) is 0 Å². The van der Waals surface area contributed by atoms with Crippen molar-refractivity contribution in [2.45, 2.75) is 12.8 Å². The Labute approximate surface area is 145 Å². The Balaban J connectivity index is 2.74. The Morgan fingerprint density at radius 2 is 1.52 bits per heavy atom. The molecular formula is C18H20O7. The van der Waals surface area contributed by atoms with Crippen LogP contribution in [0.5, 0.6) is 34.5 Å². The topological polar surface area (TPSA) is 105 Å². The number of hydrogen-bond donors (Lipinski definition) is 3. The van der Waals surface area contributed by atoms with Gasteiger partial charge in [-0.05, 0) is 24.6 Å². The largest absolute Gasteiger partial charge is 0.507 e. The lowest BCUT2D eigenvalue weighted by molar-refractivity contribution is -0.117. The highest BCUT2D eigenvalue weighted by Crippen LogP contribution is 2.49. The van der Waals surface area contributed by atoms with Gasteiger partial charge in [0.1, 0.15) is 11.5 Å². The summed E-state index contributed by atoms with van der Waals surface area (Å²) in [5.74, 6) is -1.74. The fourth-order valence-corrected chi connectivity index (χ4v) is 2.80. The van der Waals surface area contributed by atoms with Crippen molar-refractivity contribution in [1.82, 2.24) is 0 Å². The number of Topliss-reactive ketones (excluding diaryl/α,β-unsaturated/α-hetero) is 1. The van der Waals surface area contributed by atoms with E-state index in [0.717, 1.165) is 6.07 Å². The smallest absolute Gasteiger partial charge is 0.203 e. The van der Waals surface area contributed by atoms with Gasteiger partial charge >= 0.3 is 0 Å². The molecule has 0 aliphatic heterocycles. The molecule has 134 valence electrons. The van der Waals surface area contributed by atoms with Gasteiger partial charge < -0.3 is 29.5 Å². The maximum absolute atomic E-state index is 12.3. The number of aromatic hydroxyl groups is 3. The van der Waals surface area contributed by atoms with Crippen molar-refractivity contribution in [2.24, 2.45) is 0 Å². The lowest BCUT2D eigenvalue weighted by atomic mass is 9.86. The molecule has 1 atom stereocenters. The molecule has 25 heavy (non-hydrogen) atoms. The second-order valence-electron chi connectivity index (χ2n) is 5.37. The van der Waals surface area contributed by atoms with Crippen LogP contribution in [0.4, 0.5) is 0 Å². The number of carbonyl (C=O) groups is 1. The molecule has 7 heteroatoms. The quantitative estimate of drug-likeness (QED) is 0.736. The highest BCUT2D eigenvalue weighted by molar-refractivity contribution is 5.89. The molecule has 0 aliphatic rings. The molecule has 0 radical (unpaired) electrons. The molecular weight excluding hydrogens is 328 g/mol. The molecule has 0 amide bonds. The summed E-state index contributed by atoms with van der Waals surface area (Å²) in [6.07, 6.45) is 0. The summed E-state index contributed by atoms with van der Waals surface area (Å²) >= 11 is 0. The van der Waals surface area contributed by atoms with E-state index in [0.29, 0.717) is 5.56 Å². The van der Waals surface area contributed by atoms with Crippen LogP contribution < -0.4 is 14.2 Å². The van der Waals surface area contributed by atoms with Crippen LogP contribution in [0.15, 0.2) is 24.3 Å². The van der Waals surface area contributed by atoms with E-state index in [1.807, 2.05) is 0 Å². The average Bonchev–Trinajstić information content (AvgIpc) is 2.56. The molecule has 2 aromatic carbocycles. The minimum atomic E-state index is -0.943. The van der Waals surface area contributed by atoms with Crippen molar-refractivity contribution >= 4 is 5.78 Å². The fraction of sp³-hybridized carbons (Fsp3) is 0.278. The summed E-state index contributed by atoms with van der Waals surface area (Å²) in [4.78, 5) is 12.3. The first-order valence-electron chi connectivity index (χ1n) is 7.39. The number of benzene rings is 2. The molecule has 7 nitrogen and oxygen atoms in total. The van der Waals surface area contributed by atoms with Crippen molar-refractivity contribution in [3.63, 3.8) is 0 Å². The zero-order chi connectivity index (χ0) is 18.7. The van der Waals surface area contributed by atoms with E-state index >= 15 is 0 Å². The molecule has 0 aromatic heterocycles. The predicted octanol–water partition coefficient (Wildman–Crippen LogP) is 2.55. The van der Waals surface area contributed by atoms with Gasteiger partial charge in [-0.2, -0.15) is 0 Å². The molecule has 2 rings (SSSR count). The van der Waals surface area contributed by atoms with E-state index in [4.69, 9.17) is 14.2 Å². The van der Waals surface area contributed by atoms with Crippen LogP contribution in [-0.2, 0) is 4.79 Å². The summed E-state index contributed by atoms with van der Waals surface area (Å²) in [6.45, 7) is 1.35. The van der Waals surface area contributed by atoms with Crippen molar-refractivity contribution in [3.05, 3.63) is 35.4 Å². The van der Waals surface area contributed by atoms with Gasteiger partial charge in [-0.1, -0.05) is 6.07 Å². The van der Waals surface area contributed by atoms with Gasteiger partial charge in [-0.3, -0.25) is 4.79 Å². The Morgan fingerprint density at radius 1 is 0.880 bits per heavy atom. The normalized spacial score (nSPS) is 11.7. The second kappa shape index (κ2) is 7.21. The number of phenolic OH excluding ortho intramolecular Hbond substituents is 3. The van der Waals surface area contributed by atoms with E-state index in [2.05, 4.69) is 0 Å². The molecule has 0 aliphatic carbocycles. The maximum atomic E-state index is 12.3. The maximum Gasteiger partial charge on any atom is 0.203 e. The van der Waals surface area contributed by atoms with Crippen LogP contribution in [0, 0.1) is 0 Å². The van der Waals surface area contributed by atoms with Crippen LogP contribution >= 0.6 is 0 Å². The lowest BCUT2D eigenvalue weighted by Crippen LogP contribution is -2.13. The van der Waals surface area contributed by atoms with Crippen LogP contribution in [0.25, 0.3) is 0 Å². The summed E-state index contributed by atoms with van der Waals surface area (Å²) in [5, 5.41) is 30.3. The Hall–Kier alpha value is -3.09. The molecule has 0 bridgehead atoms. The Morgan fingerprint density at radius 3 is 2.00 bits per heavy atom. The number of methoxy groups -OCH3 is 3. The number of rotatable bonds is 6. The number of phenols is 3. The van der Waals surface area contributed by atoms with Crippen LogP contribution in [0.3, 0.4) is 0 Å². The molecule has 2 aromatic rings. The molecule has 1 unspecified atom stereocenters. The zero-order valence-corrected chi connectivity index (χ0v) is 14.4. The molecule has 0 saturated heterocycles. The van der Waals surface area contributed by atoms with Crippen LogP contribution in [-0.4, -0.2) is 42.4 Å². The first-order valence-corrected chi connectivity index (χ1v) is 7.39. The molecule has 0 fully saturated rings. The highest BCUT2D eigenvalue weighted by Gasteiger charge is 2.30. The number of hydrogen-bond acceptors (Lipinski definition) is 7. The number of ketones is 1. The first kappa shape index (κ1) is 18.3. The van der Waals surface area contributed by atoms with Crippen molar-refractivity contribution in [1.29, 1.82) is 0 Å². The minimum Gasteiger partial charge on any atom is -0.507 e. The summed E-state index contributed by atoms with van der Waals surface area (Å²) < 4.78 is 15.4. The molecule has 0 heterocycles. The molecule has 0 spiro atoms. The Kier molecular flexibility index (Phi) is 5.26. The van der Waals surface area contributed by atoms with Crippen molar-refractivity contribution in [2.75, 3.05) is 21.3 Å². The van der Waals surface area contributed by atoms with E-state index in [1.54, 1.807) is 6.07 Å². The SMILES string of the molecule is COc1ccc(C(C(C)=O)c2c(O)cc(O)c(OC)c2OC)cc1O. The summed E-state index contributed by atoms with van der Waals surface area (Å²) in [7, 11) is 4.08. The fourth-order valence-electron chi connectivity index (χ4n) is 2.80. The van der Waals surface area contributed by atoms with Gasteiger partial charge in [0.05, 0.1) is 32.8 Å². The third kappa shape index (κ3) is 3.26. The predicted molar refractivity (Wildman–Crippen MR) is 90.1 cm³/mol. The first-order chi connectivity index (χ1) is 11.8. The van der Waals surface area contributed by atoms with Gasteiger partial charge in [0, 0.05) is 6.07 Å². The van der Waals surface area contributed by atoms with Crippen LogP contribution in [0.1, 0.15) is 24.0 Å². The van der Waals surface area contributed by atoms with Gasteiger partial charge in [0.25, 0.3) is 0 Å². The highest BCUT2D eigenvalue weighted by atomic mass is 16.5. The number of carbonyl (C=O) groups excluding carboxylic acids is 1. The van der Waals surface area contributed by atoms with Gasteiger partial charge in [0.2, 0.25) is 5.75 Å². The summed E-state index contributed by atoms with van der Waals surface area (Å²) in [5.41, 5.74) is 0.557. The van der Waals surface area contributed by atoms with Gasteiger partial charge in [0.15, 0.2) is 23.0 Å². The third-order valence-electron chi connectivity index (χ3n) is 3.87. The van der Waals surface area contributed by atoms with Crippen molar-refractivity contribution in [3.8, 4) is 34.5 Å². The standard InChI is InChI=1S/C18H20O7/c1-9(19)15(10-5-6-14(23-2)11(20)7-10)16-12(21)8-13(22)17(24-3)18(16)25-4/h5-8,15,20-22H,1-4H3. The van der Waals surface area contributed by atoms with Gasteiger partial charge in [-0.15, -0.1) is 0 Å². The monoisotopic (exact) mass is 348 g/mol. The average molecular weight is 348 g/mol. The summed E-state index contributed by atoms with van der Waals surface area (Å²) in [6, 6.07) is 5.57. The number of ether oxygens (including phenoxy) is 3. The van der Waals surface area contributed by atoms with E-state index in [9.17, 15) is 20.1 Å².